The number of aromatic nitrogens is 1. The molecule has 49 heavy (non-hydrogen) atoms. The van der Waals surface area contributed by atoms with Gasteiger partial charge in [0.25, 0.3) is 0 Å². The summed E-state index contributed by atoms with van der Waals surface area (Å²) in [7, 11) is 1.54. The van der Waals surface area contributed by atoms with Crippen LogP contribution in [0.1, 0.15) is 38.5 Å². The summed E-state index contributed by atoms with van der Waals surface area (Å²) in [5, 5.41) is 4.33. The third kappa shape index (κ3) is 6.47. The van der Waals surface area contributed by atoms with Gasteiger partial charge in [-0.2, -0.15) is 0 Å². The van der Waals surface area contributed by atoms with E-state index in [1.54, 1.807) is 24.4 Å². The Morgan fingerprint density at radius 2 is 1.71 bits per heavy atom. The molecule has 0 unspecified atom stereocenters. The Morgan fingerprint density at radius 1 is 0.939 bits per heavy atom. The summed E-state index contributed by atoms with van der Waals surface area (Å²) in [6.07, 6.45) is 5.85. The Morgan fingerprint density at radius 3 is 2.37 bits per heavy atom. The summed E-state index contributed by atoms with van der Waals surface area (Å²) in [6, 6.07) is 12.0. The molecule has 256 valence electrons. The van der Waals surface area contributed by atoms with Crippen LogP contribution in [0.25, 0.3) is 10.9 Å². The van der Waals surface area contributed by atoms with Gasteiger partial charge in [-0.15, -0.1) is 0 Å². The number of fused-ring (bicyclic) bond motifs is 1. The number of rotatable bonds is 12. The molecule has 7 rings (SSSR count). The molecule has 2 saturated carbocycles. The van der Waals surface area contributed by atoms with E-state index < -0.39 is 34.7 Å². The summed E-state index contributed by atoms with van der Waals surface area (Å²) in [4.78, 5) is 31.1. The Bertz CT molecular complexity index is 1930. The third-order valence-electron chi connectivity index (χ3n) is 9.46. The maximum absolute atomic E-state index is 15.8. The first-order valence-corrected chi connectivity index (χ1v) is 16.1. The number of hydrogen-bond donors (Lipinski definition) is 2. The molecule has 0 bridgehead atoms. The number of nitrogens with two attached hydrogens (primary N) is 1. The minimum Gasteiger partial charge on any atom is -0.493 e. The quantitative estimate of drug-likeness (QED) is 0.174. The van der Waals surface area contributed by atoms with Crippen LogP contribution in [0.3, 0.4) is 0 Å². The number of pyridine rings is 1. The normalized spacial score (nSPS) is 17.7. The van der Waals surface area contributed by atoms with Gasteiger partial charge in [0.15, 0.2) is 29.0 Å². The Hall–Kier alpha value is -4.88. The van der Waals surface area contributed by atoms with Crippen LogP contribution in [-0.2, 0) is 14.3 Å². The van der Waals surface area contributed by atoms with E-state index in [9.17, 15) is 18.4 Å². The first-order chi connectivity index (χ1) is 23.6. The van der Waals surface area contributed by atoms with E-state index in [4.69, 9.17) is 24.7 Å². The lowest BCUT2D eigenvalue weighted by molar-refractivity contribution is -0.133. The number of primary amides is 1. The number of carbonyl (C=O) groups excluding carboxylic acids is 2. The first-order valence-electron chi connectivity index (χ1n) is 16.1. The summed E-state index contributed by atoms with van der Waals surface area (Å²) >= 11 is 0. The predicted molar refractivity (Wildman–Crippen MR) is 174 cm³/mol. The number of hydrogen-bond acceptors (Lipinski definition) is 8. The van der Waals surface area contributed by atoms with E-state index in [1.807, 2.05) is 0 Å². The van der Waals surface area contributed by atoms with Crippen molar-refractivity contribution in [3.05, 3.63) is 78.2 Å². The maximum Gasteiger partial charge on any atom is 0.247 e. The second-order valence-corrected chi connectivity index (χ2v) is 12.8. The van der Waals surface area contributed by atoms with Gasteiger partial charge in [0.05, 0.1) is 29.5 Å². The average Bonchev–Trinajstić information content (AvgIpc) is 4.03. The second kappa shape index (κ2) is 12.9. The van der Waals surface area contributed by atoms with Crippen LogP contribution < -0.4 is 30.2 Å². The van der Waals surface area contributed by atoms with Crippen LogP contribution in [0, 0.1) is 22.9 Å². The van der Waals surface area contributed by atoms with Gasteiger partial charge in [-0.3, -0.25) is 19.5 Å². The molecule has 1 saturated heterocycles. The van der Waals surface area contributed by atoms with E-state index in [2.05, 4.69) is 10.3 Å². The highest BCUT2D eigenvalue weighted by molar-refractivity contribution is 6.16. The highest BCUT2D eigenvalue weighted by Crippen LogP contribution is 2.49. The van der Waals surface area contributed by atoms with Crippen molar-refractivity contribution in [3.63, 3.8) is 0 Å². The van der Waals surface area contributed by atoms with Crippen LogP contribution >= 0.6 is 0 Å². The molecule has 4 aromatic rings. The van der Waals surface area contributed by atoms with Crippen molar-refractivity contribution in [1.82, 2.24) is 10.3 Å². The topological polar surface area (TPSA) is 125 Å². The zero-order valence-electron chi connectivity index (χ0n) is 26.8. The molecular formula is C36H35F3N4O6. The fourth-order valence-corrected chi connectivity index (χ4v) is 6.22. The molecule has 0 spiro atoms. The molecule has 1 aliphatic heterocycles. The first kappa shape index (κ1) is 32.7. The standard InChI is InChI=1S/C36H35F3N4O6/c1-46-31-18-24-28(19-32(31)48-20-35(9-10-35)42-21-7-14-47-15-8-21)41-13-6-30(24)49-23-3-5-29(27(39)17-23)43(22-2-4-25(37)26(38)16-22)34(45)36(11-12-36)33(40)44/h2-6,13,16-19,21,42H,7-12,14-15,20H2,1H3,(H2,40,44). The van der Waals surface area contributed by atoms with E-state index in [0.29, 0.717) is 40.8 Å². The zero-order valence-corrected chi connectivity index (χ0v) is 26.8. The van der Waals surface area contributed by atoms with Gasteiger partial charge in [-0.05, 0) is 74.9 Å². The zero-order chi connectivity index (χ0) is 34.3. The smallest absolute Gasteiger partial charge is 0.247 e. The van der Waals surface area contributed by atoms with Gasteiger partial charge in [0.2, 0.25) is 11.8 Å². The molecular weight excluding hydrogens is 641 g/mol. The molecule has 3 fully saturated rings. The van der Waals surface area contributed by atoms with E-state index in [0.717, 1.165) is 68.1 Å². The Labute approximate surface area is 280 Å². The molecule has 10 nitrogen and oxygen atoms in total. The Kier molecular flexibility index (Phi) is 8.57. The van der Waals surface area contributed by atoms with Crippen molar-refractivity contribution < 1.29 is 41.7 Å². The van der Waals surface area contributed by atoms with Crippen molar-refractivity contribution in [2.75, 3.05) is 31.8 Å². The number of nitrogens with zero attached hydrogens (tertiary/aromatic N) is 2. The fourth-order valence-electron chi connectivity index (χ4n) is 6.22. The second-order valence-electron chi connectivity index (χ2n) is 12.8. The van der Waals surface area contributed by atoms with Crippen molar-refractivity contribution >= 4 is 34.1 Å². The van der Waals surface area contributed by atoms with Crippen LogP contribution in [0.15, 0.2) is 60.8 Å². The van der Waals surface area contributed by atoms with Gasteiger partial charge in [0, 0.05) is 49.0 Å². The SMILES string of the molecule is COc1cc2c(Oc3ccc(N(C(=O)C4(C(N)=O)CC4)c4ccc(F)c(F)c4)c(F)c3)ccnc2cc1OCC1(NC2CCOCC2)CC1. The van der Waals surface area contributed by atoms with Crippen molar-refractivity contribution in [2.45, 2.75) is 50.1 Å². The monoisotopic (exact) mass is 676 g/mol. The molecule has 2 heterocycles. The van der Waals surface area contributed by atoms with Gasteiger partial charge >= 0.3 is 0 Å². The number of amides is 2. The van der Waals surface area contributed by atoms with E-state index in [-0.39, 0.29) is 35.5 Å². The molecule has 3 aromatic carbocycles. The molecule has 3 aliphatic rings. The van der Waals surface area contributed by atoms with Crippen LogP contribution in [-0.4, -0.2) is 55.3 Å². The Balaban J connectivity index is 1.13. The van der Waals surface area contributed by atoms with Crippen LogP contribution in [0.5, 0.6) is 23.0 Å². The van der Waals surface area contributed by atoms with Gasteiger partial charge in [-0.1, -0.05) is 0 Å². The van der Waals surface area contributed by atoms with Crippen LogP contribution in [0.2, 0.25) is 0 Å². The molecule has 0 atom stereocenters. The lowest BCUT2D eigenvalue weighted by Gasteiger charge is -2.28. The molecule has 3 N–H and O–H groups in total. The fraction of sp³-hybridized carbons (Fsp3) is 0.361. The molecule has 13 heteroatoms. The largest absolute Gasteiger partial charge is 0.493 e. The average molecular weight is 677 g/mol. The third-order valence-corrected chi connectivity index (χ3v) is 9.46. The van der Waals surface area contributed by atoms with Crippen LogP contribution in [0.4, 0.5) is 24.5 Å². The highest BCUT2D eigenvalue weighted by Gasteiger charge is 2.57. The number of nitrogens with one attached hydrogen (secondary N) is 1. The van der Waals surface area contributed by atoms with E-state index in [1.165, 1.54) is 19.2 Å². The molecule has 2 amide bonds. The highest BCUT2D eigenvalue weighted by atomic mass is 19.2. The minimum atomic E-state index is -1.56. The number of ether oxygens (including phenoxy) is 4. The lowest BCUT2D eigenvalue weighted by Crippen LogP contribution is -2.46. The summed E-state index contributed by atoms with van der Waals surface area (Å²) in [5.74, 6) is -3.59. The number of anilines is 2. The summed E-state index contributed by atoms with van der Waals surface area (Å²) < 4.78 is 67.3. The van der Waals surface area contributed by atoms with Crippen molar-refractivity contribution in [1.29, 1.82) is 0 Å². The van der Waals surface area contributed by atoms with Gasteiger partial charge < -0.3 is 30.0 Å². The predicted octanol–water partition coefficient (Wildman–Crippen LogP) is 6.06. The van der Waals surface area contributed by atoms with Crippen molar-refractivity contribution in [2.24, 2.45) is 11.1 Å². The van der Waals surface area contributed by atoms with Crippen molar-refractivity contribution in [3.8, 4) is 23.0 Å². The van der Waals surface area contributed by atoms with Gasteiger partial charge in [0.1, 0.15) is 23.5 Å². The lowest BCUT2D eigenvalue weighted by atomic mass is 10.0. The summed E-state index contributed by atoms with van der Waals surface area (Å²) in [5.41, 5.74) is 3.97. The molecule has 0 radical (unpaired) electrons. The number of carbonyl (C=O) groups is 2. The molecule has 2 aliphatic carbocycles. The van der Waals surface area contributed by atoms with Gasteiger partial charge in [-0.25, -0.2) is 13.2 Å². The van der Waals surface area contributed by atoms with E-state index >= 15 is 4.39 Å². The number of halogens is 3. The molecule has 1 aromatic heterocycles. The maximum atomic E-state index is 15.8. The number of methoxy groups -OCH3 is 1. The minimum absolute atomic E-state index is 0.0802. The number of benzene rings is 3. The summed E-state index contributed by atoms with van der Waals surface area (Å²) in [6.45, 7) is 1.98.